The maximum absolute atomic E-state index is 12.1. The molecule has 0 radical (unpaired) electrons. The molecule has 110 valence electrons. The summed E-state index contributed by atoms with van der Waals surface area (Å²) < 4.78 is 38.2. The minimum absolute atomic E-state index is 0.00319. The molecule has 0 aliphatic carbocycles. The molecule has 19 heavy (non-hydrogen) atoms. The summed E-state index contributed by atoms with van der Waals surface area (Å²) in [6.45, 7) is 8.84. The van der Waals surface area contributed by atoms with Crippen molar-refractivity contribution in [2.24, 2.45) is 0 Å². The van der Waals surface area contributed by atoms with Crippen LogP contribution in [0.2, 0.25) is 0 Å². The summed E-state index contributed by atoms with van der Waals surface area (Å²) in [5, 5.41) is 3.31. The lowest BCUT2D eigenvalue weighted by atomic mass is 10.1. The fraction of sp³-hybridized carbons (Fsp3) is 0.750. The molecule has 0 bridgehead atoms. The van der Waals surface area contributed by atoms with E-state index in [2.05, 4.69) is 10.3 Å². The van der Waals surface area contributed by atoms with Crippen LogP contribution in [0.1, 0.15) is 32.3 Å². The van der Waals surface area contributed by atoms with Crippen LogP contribution in [0.4, 0.5) is 13.2 Å². The molecular weight excluding hydrogens is 275 g/mol. The number of halogens is 3. The van der Waals surface area contributed by atoms with Gasteiger partial charge in [0.2, 0.25) is 0 Å². The molecule has 0 amide bonds. The fourth-order valence-electron chi connectivity index (χ4n) is 1.57. The predicted octanol–water partition coefficient (Wildman–Crippen LogP) is 3.33. The lowest BCUT2D eigenvalue weighted by Crippen LogP contribution is -2.35. The third kappa shape index (κ3) is 6.33. The van der Waals surface area contributed by atoms with Crippen molar-refractivity contribution in [3.8, 4) is 0 Å². The Morgan fingerprint density at radius 1 is 1.32 bits per heavy atom. The van der Waals surface area contributed by atoms with Gasteiger partial charge in [0.05, 0.1) is 5.69 Å². The number of hydrogen-bond donors (Lipinski definition) is 1. The highest BCUT2D eigenvalue weighted by Gasteiger charge is 2.27. The summed E-state index contributed by atoms with van der Waals surface area (Å²) in [5.41, 5.74) is -3.29. The lowest BCUT2D eigenvalue weighted by molar-refractivity contribution is -0.0328. The van der Waals surface area contributed by atoms with E-state index in [-0.39, 0.29) is 23.1 Å². The zero-order valence-corrected chi connectivity index (χ0v) is 12.5. The number of nitrogens with one attached hydrogen (secondary N) is 1. The van der Waals surface area contributed by atoms with Crippen LogP contribution in [0.15, 0.2) is 6.20 Å². The maximum Gasteiger partial charge on any atom is 0.441 e. The van der Waals surface area contributed by atoms with Gasteiger partial charge in [0.25, 0.3) is 0 Å². The van der Waals surface area contributed by atoms with E-state index in [1.807, 2.05) is 25.3 Å². The largest absolute Gasteiger partial charge is 0.441 e. The minimum atomic E-state index is -4.17. The van der Waals surface area contributed by atoms with E-state index in [0.29, 0.717) is 13.1 Å². The molecule has 0 aliphatic rings. The van der Waals surface area contributed by atoms with Crippen molar-refractivity contribution in [1.82, 2.24) is 14.9 Å². The Balaban J connectivity index is 2.60. The standard InChI is InChI=1S/C12H20F3N3S/c1-9-16-7-10(8-17-11(2,3)4)18(9)5-6-19-12(13,14)15/h7,17H,5-6,8H2,1-4H3. The molecule has 1 aromatic rings. The third-order valence-corrected chi connectivity index (χ3v) is 3.23. The summed E-state index contributed by atoms with van der Waals surface area (Å²) in [4.78, 5) is 4.16. The number of thioether (sulfide) groups is 1. The Morgan fingerprint density at radius 3 is 2.47 bits per heavy atom. The van der Waals surface area contributed by atoms with Gasteiger partial charge in [-0.2, -0.15) is 13.2 Å². The van der Waals surface area contributed by atoms with Gasteiger partial charge in [-0.1, -0.05) is 0 Å². The summed E-state index contributed by atoms with van der Waals surface area (Å²) in [7, 11) is 0. The van der Waals surface area contributed by atoms with Crippen LogP contribution in [0, 0.1) is 6.92 Å². The van der Waals surface area contributed by atoms with Crippen LogP contribution in [-0.4, -0.2) is 26.4 Å². The Bertz CT molecular complexity index is 407. The number of imidazole rings is 1. The van der Waals surface area contributed by atoms with E-state index in [1.54, 1.807) is 13.1 Å². The average Bonchev–Trinajstić information content (AvgIpc) is 2.55. The molecule has 7 heteroatoms. The molecule has 0 spiro atoms. The Kier molecular flexibility index (Phi) is 5.32. The van der Waals surface area contributed by atoms with Crippen LogP contribution in [0.25, 0.3) is 0 Å². The highest BCUT2D eigenvalue weighted by Crippen LogP contribution is 2.30. The fourth-order valence-corrected chi connectivity index (χ4v) is 2.08. The number of rotatable bonds is 5. The van der Waals surface area contributed by atoms with E-state index >= 15 is 0 Å². The number of alkyl halides is 3. The van der Waals surface area contributed by atoms with Crippen molar-refractivity contribution >= 4 is 11.8 Å². The van der Waals surface area contributed by atoms with Gasteiger partial charge in [-0.25, -0.2) is 4.98 Å². The smallest absolute Gasteiger partial charge is 0.330 e. The number of aromatic nitrogens is 2. The molecule has 0 saturated heterocycles. The molecule has 0 aliphatic heterocycles. The van der Waals surface area contributed by atoms with Crippen molar-refractivity contribution in [3.63, 3.8) is 0 Å². The topological polar surface area (TPSA) is 29.9 Å². The molecular formula is C12H20F3N3S. The van der Waals surface area contributed by atoms with Gasteiger partial charge in [0.1, 0.15) is 5.82 Å². The highest BCUT2D eigenvalue weighted by molar-refractivity contribution is 8.00. The van der Waals surface area contributed by atoms with E-state index < -0.39 is 5.51 Å². The minimum Gasteiger partial charge on any atom is -0.330 e. The first-order valence-electron chi connectivity index (χ1n) is 6.05. The summed E-state index contributed by atoms with van der Waals surface area (Å²) in [6, 6.07) is 0. The van der Waals surface area contributed by atoms with Crippen LogP contribution < -0.4 is 5.32 Å². The average molecular weight is 295 g/mol. The zero-order chi connectivity index (χ0) is 14.7. The van der Waals surface area contributed by atoms with E-state index in [1.165, 1.54) is 0 Å². The van der Waals surface area contributed by atoms with Gasteiger partial charge in [-0.15, -0.1) is 0 Å². The second kappa shape index (κ2) is 6.17. The van der Waals surface area contributed by atoms with Gasteiger partial charge in [0, 0.05) is 30.6 Å². The predicted molar refractivity (Wildman–Crippen MR) is 72.1 cm³/mol. The van der Waals surface area contributed by atoms with Gasteiger partial charge in [-0.05, 0) is 39.5 Å². The molecule has 0 saturated carbocycles. The third-order valence-electron chi connectivity index (χ3n) is 2.52. The number of hydrogen-bond acceptors (Lipinski definition) is 3. The first-order chi connectivity index (χ1) is 8.58. The second-order valence-electron chi connectivity index (χ2n) is 5.35. The highest BCUT2D eigenvalue weighted by atomic mass is 32.2. The summed E-state index contributed by atoms with van der Waals surface area (Å²) >= 11 is 0.00383. The second-order valence-corrected chi connectivity index (χ2v) is 6.51. The quantitative estimate of drug-likeness (QED) is 0.903. The Labute approximate surface area is 116 Å². The van der Waals surface area contributed by atoms with Gasteiger partial charge in [-0.3, -0.25) is 0 Å². The molecule has 1 heterocycles. The molecule has 0 unspecified atom stereocenters. The molecule has 0 aromatic carbocycles. The lowest BCUT2D eigenvalue weighted by Gasteiger charge is -2.21. The first kappa shape index (κ1) is 16.4. The molecule has 0 atom stereocenters. The van der Waals surface area contributed by atoms with Crippen molar-refractivity contribution in [3.05, 3.63) is 17.7 Å². The van der Waals surface area contributed by atoms with Crippen molar-refractivity contribution in [2.45, 2.75) is 51.8 Å². The first-order valence-corrected chi connectivity index (χ1v) is 7.04. The van der Waals surface area contributed by atoms with Crippen LogP contribution >= 0.6 is 11.8 Å². The maximum atomic E-state index is 12.1. The van der Waals surface area contributed by atoms with Crippen LogP contribution in [0.3, 0.4) is 0 Å². The van der Waals surface area contributed by atoms with Gasteiger partial charge in [0.15, 0.2) is 0 Å². The molecule has 1 rings (SSSR count). The number of nitrogens with zero attached hydrogens (tertiary/aromatic N) is 2. The SMILES string of the molecule is Cc1ncc(CNC(C)(C)C)n1CCSC(F)(F)F. The van der Waals surface area contributed by atoms with E-state index in [4.69, 9.17) is 0 Å². The van der Waals surface area contributed by atoms with Crippen molar-refractivity contribution < 1.29 is 13.2 Å². The Morgan fingerprint density at radius 2 is 1.95 bits per heavy atom. The van der Waals surface area contributed by atoms with Crippen molar-refractivity contribution in [2.75, 3.05) is 5.75 Å². The molecule has 1 aromatic heterocycles. The molecule has 3 nitrogen and oxygen atoms in total. The van der Waals surface area contributed by atoms with Crippen LogP contribution in [0.5, 0.6) is 0 Å². The van der Waals surface area contributed by atoms with E-state index in [0.717, 1.165) is 11.5 Å². The molecule has 0 fully saturated rings. The normalized spacial score (nSPS) is 13.0. The van der Waals surface area contributed by atoms with Crippen LogP contribution in [-0.2, 0) is 13.1 Å². The van der Waals surface area contributed by atoms with E-state index in [9.17, 15) is 13.2 Å². The van der Waals surface area contributed by atoms with Gasteiger partial charge >= 0.3 is 5.51 Å². The Hall–Kier alpha value is -0.690. The molecule has 1 N–H and O–H groups in total. The summed E-state index contributed by atoms with van der Waals surface area (Å²) in [5.74, 6) is 0.747. The van der Waals surface area contributed by atoms with Gasteiger partial charge < -0.3 is 9.88 Å². The zero-order valence-electron chi connectivity index (χ0n) is 11.6. The van der Waals surface area contributed by atoms with Crippen molar-refractivity contribution in [1.29, 1.82) is 0 Å². The number of aryl methyl sites for hydroxylation is 1. The summed E-state index contributed by atoms with van der Waals surface area (Å²) in [6.07, 6.45) is 1.71. The monoisotopic (exact) mass is 295 g/mol.